The fraction of sp³-hybridized carbons (Fsp3) is 0.861. The minimum atomic E-state index is 0.0148. The van der Waals surface area contributed by atoms with Gasteiger partial charge in [0.05, 0.1) is 6.61 Å². The highest BCUT2D eigenvalue weighted by molar-refractivity contribution is 5.69. The van der Waals surface area contributed by atoms with Crippen LogP contribution in [0.1, 0.15) is 188 Å². The van der Waals surface area contributed by atoms with Crippen LogP contribution in [0.15, 0.2) is 24.3 Å². The molecule has 0 radical (unpaired) electrons. The molecule has 0 aromatic carbocycles. The van der Waals surface area contributed by atoms with Gasteiger partial charge in [0.25, 0.3) is 0 Å². The second-order valence-electron chi connectivity index (χ2n) is 12.0. The quantitative estimate of drug-likeness (QED) is 0.0522. The zero-order chi connectivity index (χ0) is 27.8. The van der Waals surface area contributed by atoms with E-state index in [0.717, 1.165) is 25.2 Å². The van der Waals surface area contributed by atoms with Crippen molar-refractivity contribution in [3.63, 3.8) is 0 Å². The molecule has 0 aliphatic heterocycles. The third-order valence-electron chi connectivity index (χ3n) is 7.52. The monoisotopic (exact) mass is 533 g/mol. The lowest BCUT2D eigenvalue weighted by Gasteiger charge is -2.06. The number of carbonyl (C=O) groups is 1. The molecule has 0 unspecified atom stereocenters. The van der Waals surface area contributed by atoms with Crippen molar-refractivity contribution < 1.29 is 9.53 Å². The lowest BCUT2D eigenvalue weighted by molar-refractivity contribution is -0.143. The maximum atomic E-state index is 11.9. The highest BCUT2D eigenvalue weighted by Crippen LogP contribution is 2.15. The van der Waals surface area contributed by atoms with Crippen LogP contribution in [0.5, 0.6) is 0 Å². The van der Waals surface area contributed by atoms with E-state index in [2.05, 4.69) is 45.1 Å². The number of rotatable bonds is 30. The molecule has 0 heterocycles. The summed E-state index contributed by atoms with van der Waals surface area (Å²) < 4.78 is 5.43. The molecular formula is C36H68O2. The van der Waals surface area contributed by atoms with Crippen molar-refractivity contribution in [2.24, 2.45) is 5.92 Å². The van der Waals surface area contributed by atoms with Gasteiger partial charge in [0.2, 0.25) is 0 Å². The first-order valence-electron chi connectivity index (χ1n) is 17.1. The fourth-order valence-electron chi connectivity index (χ4n) is 4.94. The van der Waals surface area contributed by atoms with Crippen molar-refractivity contribution in [3.05, 3.63) is 24.3 Å². The van der Waals surface area contributed by atoms with Gasteiger partial charge < -0.3 is 4.74 Å². The molecule has 0 aromatic rings. The number of unbranched alkanes of at least 4 members (excludes halogenated alkanes) is 20. The van der Waals surface area contributed by atoms with E-state index in [-0.39, 0.29) is 5.97 Å². The number of hydrogen-bond donors (Lipinski definition) is 0. The summed E-state index contributed by atoms with van der Waals surface area (Å²) in [6.07, 6.45) is 42.3. The van der Waals surface area contributed by atoms with Gasteiger partial charge in [0.1, 0.15) is 0 Å². The van der Waals surface area contributed by atoms with Crippen molar-refractivity contribution in [3.8, 4) is 0 Å². The Bertz CT molecular complexity index is 519. The van der Waals surface area contributed by atoms with Crippen LogP contribution in [0.2, 0.25) is 0 Å². The first kappa shape index (κ1) is 37.0. The molecule has 2 nitrogen and oxygen atoms in total. The van der Waals surface area contributed by atoms with E-state index < -0.39 is 0 Å². The Hall–Kier alpha value is -1.05. The van der Waals surface area contributed by atoms with Crippen LogP contribution in [-0.4, -0.2) is 12.6 Å². The summed E-state index contributed by atoms with van der Waals surface area (Å²) in [6, 6.07) is 0. The number of allylic oxidation sites excluding steroid dienone is 4. The molecule has 0 fully saturated rings. The van der Waals surface area contributed by atoms with Crippen molar-refractivity contribution in [2.45, 2.75) is 188 Å². The minimum Gasteiger partial charge on any atom is -0.466 e. The fourth-order valence-corrected chi connectivity index (χ4v) is 4.94. The molecule has 0 amide bonds. The largest absolute Gasteiger partial charge is 0.466 e. The van der Waals surface area contributed by atoms with E-state index in [0.29, 0.717) is 13.0 Å². The highest BCUT2D eigenvalue weighted by Gasteiger charge is 2.02. The molecule has 0 saturated carbocycles. The molecule has 0 rings (SSSR count). The van der Waals surface area contributed by atoms with Gasteiger partial charge in [-0.05, 0) is 50.9 Å². The van der Waals surface area contributed by atoms with Gasteiger partial charge in [-0.15, -0.1) is 0 Å². The smallest absolute Gasteiger partial charge is 0.305 e. The lowest BCUT2D eigenvalue weighted by atomic mass is 10.0. The van der Waals surface area contributed by atoms with Gasteiger partial charge in [-0.25, -0.2) is 0 Å². The van der Waals surface area contributed by atoms with Gasteiger partial charge in [-0.1, -0.05) is 161 Å². The zero-order valence-corrected chi connectivity index (χ0v) is 26.3. The molecule has 0 aliphatic rings. The van der Waals surface area contributed by atoms with Crippen LogP contribution in [0.4, 0.5) is 0 Å². The van der Waals surface area contributed by atoms with Gasteiger partial charge >= 0.3 is 5.97 Å². The third kappa shape index (κ3) is 33.0. The molecule has 224 valence electrons. The Morgan fingerprint density at radius 3 is 1.53 bits per heavy atom. The highest BCUT2D eigenvalue weighted by atomic mass is 16.5. The van der Waals surface area contributed by atoms with E-state index in [1.54, 1.807) is 0 Å². The molecule has 0 bridgehead atoms. The maximum Gasteiger partial charge on any atom is 0.305 e. The Morgan fingerprint density at radius 2 is 1.00 bits per heavy atom. The molecule has 0 N–H and O–H groups in total. The van der Waals surface area contributed by atoms with Crippen molar-refractivity contribution >= 4 is 5.97 Å². The van der Waals surface area contributed by atoms with Crippen LogP contribution < -0.4 is 0 Å². The number of ether oxygens (including phenoxy) is 1. The summed E-state index contributed by atoms with van der Waals surface area (Å²) in [5, 5.41) is 0. The van der Waals surface area contributed by atoms with Crippen LogP contribution in [-0.2, 0) is 9.53 Å². The molecule has 0 aliphatic carbocycles. The molecule has 0 aromatic heterocycles. The molecule has 0 spiro atoms. The molecule has 2 heteroatoms. The SMILES string of the molecule is CCCCC/C=C\C/C=C\CCCCCCCCOC(=O)CCCCCCCCCCCCCCC(C)C. The predicted octanol–water partition coefficient (Wildman–Crippen LogP) is 12.5. The van der Waals surface area contributed by atoms with Crippen molar-refractivity contribution in [2.75, 3.05) is 6.61 Å². The van der Waals surface area contributed by atoms with Gasteiger partial charge in [-0.3, -0.25) is 4.79 Å². The topological polar surface area (TPSA) is 26.3 Å². The van der Waals surface area contributed by atoms with Gasteiger partial charge in [0.15, 0.2) is 0 Å². The Kier molecular flexibility index (Phi) is 31.3. The second-order valence-corrected chi connectivity index (χ2v) is 12.0. The Labute approximate surface area is 239 Å². The summed E-state index contributed by atoms with van der Waals surface area (Å²) in [5.74, 6) is 0.882. The third-order valence-corrected chi connectivity index (χ3v) is 7.52. The summed E-state index contributed by atoms with van der Waals surface area (Å²) in [6.45, 7) is 7.52. The second kappa shape index (κ2) is 32.2. The average Bonchev–Trinajstić information content (AvgIpc) is 2.90. The van der Waals surface area contributed by atoms with E-state index in [1.807, 2.05) is 0 Å². The lowest BCUT2D eigenvalue weighted by Crippen LogP contribution is -2.05. The summed E-state index contributed by atoms with van der Waals surface area (Å²) in [7, 11) is 0. The van der Waals surface area contributed by atoms with E-state index in [4.69, 9.17) is 4.74 Å². The van der Waals surface area contributed by atoms with Crippen LogP contribution in [0, 0.1) is 5.92 Å². The first-order valence-corrected chi connectivity index (χ1v) is 17.1. The normalized spacial score (nSPS) is 11.9. The summed E-state index contributed by atoms with van der Waals surface area (Å²) in [4.78, 5) is 11.9. The first-order chi connectivity index (χ1) is 18.7. The minimum absolute atomic E-state index is 0.0148. The molecular weight excluding hydrogens is 464 g/mol. The van der Waals surface area contributed by atoms with Crippen molar-refractivity contribution in [1.29, 1.82) is 0 Å². The Morgan fingerprint density at radius 1 is 0.553 bits per heavy atom. The average molecular weight is 533 g/mol. The molecule has 0 atom stereocenters. The predicted molar refractivity (Wildman–Crippen MR) is 170 cm³/mol. The van der Waals surface area contributed by atoms with Crippen molar-refractivity contribution in [1.82, 2.24) is 0 Å². The van der Waals surface area contributed by atoms with Gasteiger partial charge in [-0.2, -0.15) is 0 Å². The van der Waals surface area contributed by atoms with Gasteiger partial charge in [0, 0.05) is 6.42 Å². The molecule has 0 saturated heterocycles. The summed E-state index contributed by atoms with van der Waals surface area (Å²) in [5.41, 5.74) is 0. The van der Waals surface area contributed by atoms with Crippen LogP contribution >= 0.6 is 0 Å². The van der Waals surface area contributed by atoms with Crippen LogP contribution in [0.25, 0.3) is 0 Å². The standard InChI is InChI=1S/C36H68O2/c1-4-5-6-7-8-9-10-11-12-13-16-19-22-25-28-31-34-38-36(37)33-30-27-24-21-18-15-14-17-20-23-26-29-32-35(2)3/h8-9,11-12,35H,4-7,10,13-34H2,1-3H3/b9-8-,12-11-. The Balaban J connectivity index is 3.22. The zero-order valence-electron chi connectivity index (χ0n) is 26.3. The summed E-state index contributed by atoms with van der Waals surface area (Å²) >= 11 is 0. The maximum absolute atomic E-state index is 11.9. The number of hydrogen-bond acceptors (Lipinski definition) is 2. The van der Waals surface area contributed by atoms with Crippen LogP contribution in [0.3, 0.4) is 0 Å². The number of esters is 1. The number of carbonyl (C=O) groups excluding carboxylic acids is 1. The van der Waals surface area contributed by atoms with E-state index in [9.17, 15) is 4.79 Å². The molecule has 38 heavy (non-hydrogen) atoms. The van der Waals surface area contributed by atoms with E-state index in [1.165, 1.54) is 141 Å². The van der Waals surface area contributed by atoms with E-state index >= 15 is 0 Å².